The zero-order chi connectivity index (χ0) is 74.1. The molecule has 0 spiro atoms. The Labute approximate surface area is 773 Å². The Hall–Kier alpha value is -8.41. The van der Waals surface area contributed by atoms with E-state index in [9.17, 15) is 0 Å². The van der Waals surface area contributed by atoms with Crippen LogP contribution in [-0.2, 0) is 126 Å². The van der Waals surface area contributed by atoms with E-state index in [2.05, 4.69) is 44.9 Å². The van der Waals surface area contributed by atoms with Crippen molar-refractivity contribution in [2.24, 2.45) is 0 Å². The maximum Gasteiger partial charge on any atom is 0.181 e. The largest absolute Gasteiger partial charge is 0.443 e. The fourth-order valence-corrected chi connectivity index (χ4v) is 7.36. The van der Waals surface area contributed by atoms with E-state index in [4.69, 9.17) is 13.3 Å². The van der Waals surface area contributed by atoms with Crippen LogP contribution < -0.4 is 0 Å². The minimum atomic E-state index is 0. The van der Waals surface area contributed by atoms with Crippen LogP contribution in [0.3, 0.4) is 0 Å². The van der Waals surface area contributed by atoms with E-state index in [0.717, 1.165) is 66.4 Å². The molecule has 18 aromatic rings. The van der Waals surface area contributed by atoms with Crippen molar-refractivity contribution in [3.63, 3.8) is 0 Å². The molecule has 0 aliphatic heterocycles. The molecular weight excluding hydrogens is 2430 g/mol. The van der Waals surface area contributed by atoms with Crippen LogP contribution in [-0.4, -0.2) is 44.9 Å². The van der Waals surface area contributed by atoms with Gasteiger partial charge in [0, 0.05) is 126 Å². The molecule has 0 amide bonds. The van der Waals surface area contributed by atoms with Crippen LogP contribution in [0.5, 0.6) is 0 Å². The summed E-state index contributed by atoms with van der Waals surface area (Å²) in [7, 11) is 0. The van der Waals surface area contributed by atoms with Gasteiger partial charge in [0.1, 0.15) is 16.6 Å². The van der Waals surface area contributed by atoms with Crippen LogP contribution in [0, 0.1) is 44.6 Å². The quantitative estimate of drug-likeness (QED) is 0.125. The van der Waals surface area contributed by atoms with E-state index in [1.807, 2.05) is 447 Å². The average Bonchev–Trinajstić information content (AvgIpc) is 1.80. The fourth-order valence-electron chi connectivity index (χ4n) is 7.36. The summed E-state index contributed by atoms with van der Waals surface area (Å²) in [6.45, 7) is 24.0. The molecule has 12 aromatic carbocycles. The van der Waals surface area contributed by atoms with Gasteiger partial charge in [0.25, 0.3) is 0 Å². The summed E-state index contributed by atoms with van der Waals surface area (Å²) in [5, 5.41) is 0. The van der Waals surface area contributed by atoms with Gasteiger partial charge in [0.15, 0.2) is 35.9 Å². The number of rotatable bonds is 0. The van der Waals surface area contributed by atoms with Crippen LogP contribution in [0.15, 0.2) is 415 Å². The first-order valence-electron chi connectivity index (χ1n) is 34.8. The monoisotopic (exact) mass is 2550 g/mol. The van der Waals surface area contributed by atoms with Crippen molar-refractivity contribution in [1.29, 1.82) is 0 Å². The summed E-state index contributed by atoms with van der Waals surface area (Å²) in [6.07, 6.45) is 9.44. The number of benzene rings is 12. The van der Waals surface area contributed by atoms with Gasteiger partial charge in [-0.3, -0.25) is 0 Å². The first kappa shape index (κ1) is 132. The molecule has 0 fully saturated rings. The molecular formula is C96H123N9O3W6-6. The molecule has 0 saturated heterocycles. The molecule has 0 aliphatic rings. The smallest absolute Gasteiger partial charge is 0.181 e. The van der Waals surface area contributed by atoms with Gasteiger partial charge >= 0.3 is 0 Å². The number of hydrogen-bond donors (Lipinski definition) is 3. The fraction of sp³-hybridized carbons (Fsp3) is 0.125. The summed E-state index contributed by atoms with van der Waals surface area (Å²) in [5.74, 6) is 0. The number of hydrogen-bond acceptors (Lipinski definition) is 9. The Kier molecular flexibility index (Phi) is 116. The van der Waals surface area contributed by atoms with Crippen molar-refractivity contribution in [3.8, 4) is 0 Å². The molecule has 6 aromatic heterocycles. The van der Waals surface area contributed by atoms with Gasteiger partial charge in [-0.2, -0.15) is 0 Å². The van der Waals surface area contributed by atoms with E-state index in [1.165, 1.54) is 19.2 Å². The molecule has 612 valence electrons. The molecule has 0 unspecified atom stereocenters. The Bertz CT molecular complexity index is 3460. The van der Waals surface area contributed by atoms with Gasteiger partial charge in [-0.1, -0.05) is 374 Å². The average molecular weight is 2550 g/mol. The molecule has 3 N–H and O–H groups in total. The van der Waals surface area contributed by atoms with Crippen molar-refractivity contribution >= 4 is 66.4 Å². The summed E-state index contributed by atoms with van der Waals surface area (Å²) in [6, 6.07) is 119. The molecule has 18 rings (SSSR count). The summed E-state index contributed by atoms with van der Waals surface area (Å²) < 4.78 is 15.0. The second kappa shape index (κ2) is 101. The predicted octanol–water partition coefficient (Wildman–Crippen LogP) is 29.1. The minimum Gasteiger partial charge on any atom is -0.443 e. The van der Waals surface area contributed by atoms with Crippen LogP contribution in [0.25, 0.3) is 66.4 Å². The number of aromatic nitrogens is 9. The number of H-pyrrole nitrogens is 3. The third kappa shape index (κ3) is 64.9. The summed E-state index contributed by atoms with van der Waals surface area (Å²) in [4.78, 5) is 33.1. The summed E-state index contributed by atoms with van der Waals surface area (Å²) in [5.41, 5.74) is 11.6. The second-order valence-electron chi connectivity index (χ2n) is 18.1. The third-order valence-corrected chi connectivity index (χ3v) is 11.7. The Morgan fingerprint density at radius 3 is 0.439 bits per heavy atom. The molecule has 0 atom stereocenters. The molecule has 0 aliphatic carbocycles. The number of para-hydroxylation sites is 12. The van der Waals surface area contributed by atoms with Crippen LogP contribution in [0.4, 0.5) is 0 Å². The van der Waals surface area contributed by atoms with E-state index < -0.39 is 0 Å². The maximum atomic E-state index is 5.01. The minimum absolute atomic E-state index is 0. The van der Waals surface area contributed by atoms with Gasteiger partial charge in [0.05, 0.1) is 52.1 Å². The van der Waals surface area contributed by atoms with Crippen molar-refractivity contribution in [1.82, 2.24) is 44.9 Å². The molecule has 0 saturated carbocycles. The van der Waals surface area contributed by atoms with Crippen LogP contribution in [0.2, 0.25) is 0 Å². The maximum absolute atomic E-state index is 5.01. The first-order valence-corrected chi connectivity index (χ1v) is 34.8. The van der Waals surface area contributed by atoms with Crippen LogP contribution >= 0.6 is 0 Å². The number of aromatic amines is 3. The van der Waals surface area contributed by atoms with E-state index in [-0.39, 0.29) is 171 Å². The third-order valence-electron chi connectivity index (χ3n) is 11.7. The number of oxazole rings is 3. The number of nitrogens with one attached hydrogen (secondary N) is 3. The SMILES string of the molecule is CC.CC.CC.CC.CC.CC.[CH3-].[CH3-].[CH3-].[CH3-].[CH3-].[CH3-].[W].[W].[W].[W].[W].[W].c1ccc2[nH]cnc2c1.c1ccc2[nH]cnc2c1.c1ccc2[nH]cnc2c1.c1ccc2ocnc2c1.c1ccc2ocnc2c1.c1ccc2ocnc2c1.c1ccccc1.c1ccccc1.c1ccccc1.c1ccccc1.c1ccccc1.c1ccccc1. The van der Waals surface area contributed by atoms with Gasteiger partial charge in [-0.25, -0.2) is 29.9 Å². The van der Waals surface area contributed by atoms with Crippen molar-refractivity contribution in [2.75, 3.05) is 0 Å². The Balaban J connectivity index is -0.0000000977. The van der Waals surface area contributed by atoms with Gasteiger partial charge in [0.2, 0.25) is 0 Å². The predicted molar refractivity (Wildman–Crippen MR) is 476 cm³/mol. The number of nitrogens with zero attached hydrogens (tertiary/aromatic N) is 6. The first-order chi connectivity index (χ1) is 50.8. The molecule has 114 heavy (non-hydrogen) atoms. The zero-order valence-electron chi connectivity index (χ0n) is 70.0. The molecule has 0 radical (unpaired) electrons. The topological polar surface area (TPSA) is 164 Å². The van der Waals surface area contributed by atoms with Gasteiger partial charge < -0.3 is 72.8 Å². The summed E-state index contributed by atoms with van der Waals surface area (Å²) >= 11 is 0. The number of imidazole rings is 3. The van der Waals surface area contributed by atoms with Gasteiger partial charge in [-0.15, -0.1) is 0 Å². The van der Waals surface area contributed by atoms with Gasteiger partial charge in [-0.05, 0) is 72.8 Å². The molecule has 6 heterocycles. The molecule has 18 heteroatoms. The molecule has 12 nitrogen and oxygen atoms in total. The normalized spacial score (nSPS) is 7.68. The van der Waals surface area contributed by atoms with E-state index >= 15 is 0 Å². The van der Waals surface area contributed by atoms with E-state index in [0.29, 0.717) is 0 Å². The number of fused-ring (bicyclic) bond motifs is 6. The van der Waals surface area contributed by atoms with E-state index in [1.54, 1.807) is 19.0 Å². The Morgan fingerprint density at radius 1 is 0.167 bits per heavy atom. The standard InChI is InChI=1S/3C7H6N2.3C7H5NO.6C6H6.6C2H6.6CH3.6W/c6*1-2-4-7-6(3-1)8-5-9-7;6*1-2-4-6-5-3-1;6*1-2;;;;;;;;;;;;/h3*1-5H,(H,8,9);3*1-5H;6*1-6H;6*1-2H3;6*1H3;;;;;;/q;;;;;;;;;;;;;;;;;;6*-1;;;;;;. The second-order valence-corrected chi connectivity index (χ2v) is 18.1. The Morgan fingerprint density at radius 2 is 0.298 bits per heavy atom. The zero-order valence-corrected chi connectivity index (χ0v) is 87.6. The van der Waals surface area contributed by atoms with Crippen molar-refractivity contribution < 1.29 is 140 Å². The van der Waals surface area contributed by atoms with Crippen molar-refractivity contribution in [2.45, 2.75) is 83.1 Å². The van der Waals surface area contributed by atoms with Crippen LogP contribution in [0.1, 0.15) is 83.1 Å². The van der Waals surface area contributed by atoms with Crippen molar-refractivity contribution in [3.05, 3.63) is 447 Å². The molecule has 0 bridgehead atoms.